The molecule has 1 saturated carbocycles. The summed E-state index contributed by atoms with van der Waals surface area (Å²) in [5.74, 6) is -1.43. The SMILES string of the molecule is COC1(O)C2c3c(cc(C(C)(C)C)c4ccccc34)-c3c4c5ccc6ccccc6c5n(C)c4nc[n+]3C21. The van der Waals surface area contributed by atoms with E-state index < -0.39 is 5.79 Å². The summed E-state index contributed by atoms with van der Waals surface area (Å²) < 4.78 is 10.2. The minimum atomic E-state index is -1.27. The summed E-state index contributed by atoms with van der Waals surface area (Å²) in [5.41, 5.74) is 6.81. The maximum Gasteiger partial charge on any atom is 0.289 e. The van der Waals surface area contributed by atoms with E-state index in [0.29, 0.717) is 0 Å². The Hall–Kier alpha value is -3.80. The molecule has 2 aliphatic rings. The highest BCUT2D eigenvalue weighted by Crippen LogP contribution is 2.65. The number of benzene rings is 4. The Labute approximate surface area is 220 Å². The van der Waals surface area contributed by atoms with Crippen LogP contribution in [0.15, 0.2) is 73.1 Å². The van der Waals surface area contributed by atoms with E-state index in [2.05, 4.69) is 104 Å². The molecule has 38 heavy (non-hydrogen) atoms. The smallest absolute Gasteiger partial charge is 0.289 e. The van der Waals surface area contributed by atoms with E-state index in [1.165, 1.54) is 43.6 Å². The average molecular weight is 501 g/mol. The van der Waals surface area contributed by atoms with Gasteiger partial charge in [0.15, 0.2) is 6.04 Å². The summed E-state index contributed by atoms with van der Waals surface area (Å²) in [6, 6.07) is 23.8. The van der Waals surface area contributed by atoms with Crippen LogP contribution >= 0.6 is 0 Å². The molecule has 1 N–H and O–H groups in total. The van der Waals surface area contributed by atoms with E-state index in [0.717, 1.165) is 22.3 Å². The maximum atomic E-state index is 11.7. The Morgan fingerprint density at radius 3 is 2.39 bits per heavy atom. The molecule has 5 nitrogen and oxygen atoms in total. The van der Waals surface area contributed by atoms with E-state index in [4.69, 9.17) is 9.72 Å². The van der Waals surface area contributed by atoms with Gasteiger partial charge < -0.3 is 14.4 Å². The lowest BCUT2D eigenvalue weighted by atomic mass is 9.79. The number of ether oxygens (including phenoxy) is 1. The molecule has 0 spiro atoms. The van der Waals surface area contributed by atoms with Crippen LogP contribution in [0.1, 0.15) is 43.9 Å². The van der Waals surface area contributed by atoms with Crippen molar-refractivity contribution in [3.05, 3.63) is 84.2 Å². The number of aromatic nitrogens is 3. The number of hydrogen-bond donors (Lipinski definition) is 1. The van der Waals surface area contributed by atoms with E-state index in [1.807, 2.05) is 6.33 Å². The van der Waals surface area contributed by atoms with Gasteiger partial charge >= 0.3 is 0 Å². The molecule has 8 rings (SSSR count). The summed E-state index contributed by atoms with van der Waals surface area (Å²) in [4.78, 5) is 4.98. The summed E-state index contributed by atoms with van der Waals surface area (Å²) in [6.07, 6.45) is 1.91. The van der Waals surface area contributed by atoms with Crippen LogP contribution in [-0.2, 0) is 17.2 Å². The van der Waals surface area contributed by atoms with Crippen LogP contribution in [0.4, 0.5) is 0 Å². The van der Waals surface area contributed by atoms with Crippen molar-refractivity contribution in [2.45, 2.75) is 43.9 Å². The van der Waals surface area contributed by atoms with Crippen molar-refractivity contribution >= 4 is 43.5 Å². The van der Waals surface area contributed by atoms with Crippen molar-refractivity contribution < 1.29 is 14.4 Å². The topological polar surface area (TPSA) is 51.2 Å². The van der Waals surface area contributed by atoms with E-state index in [-0.39, 0.29) is 17.4 Å². The molecule has 1 aliphatic heterocycles. The van der Waals surface area contributed by atoms with Crippen molar-refractivity contribution in [3.63, 3.8) is 0 Å². The van der Waals surface area contributed by atoms with Crippen LogP contribution in [0.3, 0.4) is 0 Å². The highest BCUT2D eigenvalue weighted by atomic mass is 16.6. The quantitative estimate of drug-likeness (QED) is 0.214. The molecule has 2 aromatic heterocycles. The minimum absolute atomic E-state index is 0.0570. The van der Waals surface area contributed by atoms with Crippen LogP contribution in [-0.4, -0.2) is 27.6 Å². The number of fused-ring (bicyclic) bond motifs is 14. The fourth-order valence-electron chi connectivity index (χ4n) is 7.24. The lowest BCUT2D eigenvalue weighted by Gasteiger charge is -2.26. The Morgan fingerprint density at radius 1 is 0.947 bits per heavy atom. The predicted octanol–water partition coefficient (Wildman–Crippen LogP) is 6.27. The molecule has 188 valence electrons. The highest BCUT2D eigenvalue weighted by molar-refractivity contribution is 6.20. The van der Waals surface area contributed by atoms with Gasteiger partial charge in [0, 0.05) is 30.5 Å². The van der Waals surface area contributed by atoms with E-state index >= 15 is 0 Å². The van der Waals surface area contributed by atoms with Crippen LogP contribution in [0, 0.1) is 0 Å². The van der Waals surface area contributed by atoms with Crippen molar-refractivity contribution in [1.29, 1.82) is 0 Å². The lowest BCUT2D eigenvalue weighted by molar-refractivity contribution is -0.704. The molecule has 4 aromatic carbocycles. The first-order valence-electron chi connectivity index (χ1n) is 13.3. The molecule has 0 bridgehead atoms. The van der Waals surface area contributed by atoms with Gasteiger partial charge in [-0.25, -0.2) is 4.57 Å². The fourth-order valence-corrected chi connectivity index (χ4v) is 7.24. The second kappa shape index (κ2) is 6.99. The van der Waals surface area contributed by atoms with Crippen molar-refractivity contribution in [2.24, 2.45) is 7.05 Å². The standard InChI is InChI=1S/C33H30N3O2/c1-32(2,3)24-16-23-25(21-13-9-8-12-20(21)24)27-30(33(27,37)38-5)36-17-34-31-26(29(23)36)22-15-14-18-10-6-7-11-19(18)28(22)35(31)4/h6-17,27,30,37H,1-5H3/q+1. The third kappa shape index (κ3) is 2.53. The van der Waals surface area contributed by atoms with Gasteiger partial charge in [-0.3, -0.25) is 0 Å². The predicted molar refractivity (Wildman–Crippen MR) is 151 cm³/mol. The van der Waals surface area contributed by atoms with Crippen LogP contribution < -0.4 is 4.57 Å². The third-order valence-corrected chi connectivity index (χ3v) is 9.01. The number of rotatable bonds is 1. The Kier molecular flexibility index (Phi) is 4.08. The maximum absolute atomic E-state index is 11.7. The first-order chi connectivity index (χ1) is 18.3. The zero-order valence-corrected chi connectivity index (χ0v) is 22.3. The Bertz CT molecular complexity index is 2000. The van der Waals surface area contributed by atoms with Crippen LogP contribution in [0.25, 0.3) is 54.7 Å². The summed E-state index contributed by atoms with van der Waals surface area (Å²) >= 11 is 0. The first kappa shape index (κ1) is 22.2. The summed E-state index contributed by atoms with van der Waals surface area (Å²) in [5, 5.41) is 18.9. The molecule has 3 atom stereocenters. The molecule has 6 aromatic rings. The third-order valence-electron chi connectivity index (χ3n) is 9.01. The molecular formula is C33H30N3O2+. The number of nitrogens with zero attached hydrogens (tertiary/aromatic N) is 3. The molecule has 3 heterocycles. The van der Waals surface area contributed by atoms with Crippen molar-refractivity contribution in [3.8, 4) is 11.3 Å². The minimum Gasteiger partial charge on any atom is -0.362 e. The zero-order valence-electron chi connectivity index (χ0n) is 22.3. The molecule has 3 unspecified atom stereocenters. The zero-order chi connectivity index (χ0) is 26.1. The molecule has 0 radical (unpaired) electrons. The normalized spacial score (nSPS) is 22.2. The monoisotopic (exact) mass is 500 g/mol. The second-order valence-corrected chi connectivity index (χ2v) is 12.0. The van der Waals surface area contributed by atoms with Crippen molar-refractivity contribution in [1.82, 2.24) is 9.55 Å². The van der Waals surface area contributed by atoms with Gasteiger partial charge in [0.2, 0.25) is 5.79 Å². The van der Waals surface area contributed by atoms with Gasteiger partial charge in [0.05, 0.1) is 11.4 Å². The Morgan fingerprint density at radius 2 is 1.66 bits per heavy atom. The molecular weight excluding hydrogens is 470 g/mol. The average Bonchev–Trinajstić information content (AvgIpc) is 3.44. The number of methoxy groups -OCH3 is 1. The number of aryl methyl sites for hydroxylation is 1. The molecule has 0 amide bonds. The Balaban J connectivity index is 1.61. The second-order valence-electron chi connectivity index (χ2n) is 12.0. The van der Waals surface area contributed by atoms with Gasteiger partial charge in [0.1, 0.15) is 11.1 Å². The van der Waals surface area contributed by atoms with E-state index in [1.54, 1.807) is 7.11 Å². The molecule has 0 saturated heterocycles. The number of hydrogen-bond acceptors (Lipinski definition) is 3. The highest BCUT2D eigenvalue weighted by Gasteiger charge is 2.74. The molecule has 1 fully saturated rings. The first-order valence-corrected chi connectivity index (χ1v) is 13.3. The van der Waals surface area contributed by atoms with Crippen LogP contribution in [0.5, 0.6) is 0 Å². The molecule has 1 aliphatic carbocycles. The largest absolute Gasteiger partial charge is 0.362 e. The summed E-state index contributed by atoms with van der Waals surface area (Å²) in [6.45, 7) is 6.82. The van der Waals surface area contributed by atoms with Crippen molar-refractivity contribution in [2.75, 3.05) is 7.11 Å². The summed E-state index contributed by atoms with van der Waals surface area (Å²) in [7, 11) is 3.72. The van der Waals surface area contributed by atoms with Gasteiger partial charge in [-0.2, -0.15) is 0 Å². The van der Waals surface area contributed by atoms with E-state index in [9.17, 15) is 5.11 Å². The van der Waals surface area contributed by atoms with Gasteiger partial charge in [0.25, 0.3) is 12.0 Å². The fraction of sp³-hybridized carbons (Fsp3) is 0.273. The van der Waals surface area contributed by atoms with Gasteiger partial charge in [-0.15, -0.1) is 0 Å². The number of aliphatic hydroxyl groups is 1. The van der Waals surface area contributed by atoms with Gasteiger partial charge in [-0.05, 0) is 43.8 Å². The van der Waals surface area contributed by atoms with Gasteiger partial charge in [-0.1, -0.05) is 81.4 Å². The van der Waals surface area contributed by atoms with Crippen LogP contribution in [0.2, 0.25) is 0 Å². The molecule has 5 heteroatoms. The lowest BCUT2D eigenvalue weighted by Crippen LogP contribution is -2.41.